The third-order valence-corrected chi connectivity index (χ3v) is 4.14. The molecule has 1 aromatic heterocycles. The number of hydrogen-bond acceptors (Lipinski definition) is 6. The fraction of sp³-hybridized carbons (Fsp3) is 0.316. The van der Waals surface area contributed by atoms with E-state index in [1.807, 2.05) is 0 Å². The van der Waals surface area contributed by atoms with Gasteiger partial charge in [-0.25, -0.2) is 9.78 Å². The lowest BCUT2D eigenvalue weighted by Crippen LogP contribution is -2.53. The topological polar surface area (TPSA) is 115 Å². The van der Waals surface area contributed by atoms with Crippen molar-refractivity contribution in [2.75, 3.05) is 23.8 Å². The van der Waals surface area contributed by atoms with Gasteiger partial charge in [0.1, 0.15) is 11.6 Å². The van der Waals surface area contributed by atoms with E-state index < -0.39 is 11.6 Å². The van der Waals surface area contributed by atoms with Gasteiger partial charge in [0.15, 0.2) is 17.2 Å². The van der Waals surface area contributed by atoms with Gasteiger partial charge >= 0.3 is 5.97 Å². The number of pyridine rings is 1. The highest BCUT2D eigenvalue weighted by atomic mass is 16.5. The molecule has 2 heterocycles. The zero-order chi connectivity index (χ0) is 19.6. The molecule has 1 aliphatic heterocycles. The van der Waals surface area contributed by atoms with Gasteiger partial charge in [-0.05, 0) is 56.7 Å². The zero-order valence-electron chi connectivity index (χ0n) is 15.1. The number of carbonyl (C=O) groups is 2. The van der Waals surface area contributed by atoms with Crippen molar-refractivity contribution < 1.29 is 24.2 Å². The molecule has 0 saturated carbocycles. The Balaban J connectivity index is 1.64. The molecule has 1 amide bonds. The van der Waals surface area contributed by atoms with E-state index in [9.17, 15) is 9.59 Å². The summed E-state index contributed by atoms with van der Waals surface area (Å²) in [7, 11) is 0. The number of nitrogens with zero attached hydrogens (tertiary/aromatic N) is 2. The van der Waals surface area contributed by atoms with Gasteiger partial charge < -0.3 is 20.3 Å². The average molecular weight is 371 g/mol. The van der Waals surface area contributed by atoms with Gasteiger partial charge in [0.25, 0.3) is 5.91 Å². The monoisotopic (exact) mass is 371 g/mol. The minimum Gasteiger partial charge on any atom is -0.494 e. The summed E-state index contributed by atoms with van der Waals surface area (Å²) in [6.07, 6.45) is 0.554. The molecular formula is C19H21N3O5. The molecular weight excluding hydrogens is 350 g/mol. The average Bonchev–Trinajstić information content (AvgIpc) is 2.62. The van der Waals surface area contributed by atoms with E-state index in [0.29, 0.717) is 42.7 Å². The Morgan fingerprint density at radius 3 is 2.63 bits per heavy atom. The molecule has 1 aliphatic rings. The maximum absolute atomic E-state index is 12.7. The standard InChI is InChI=1S/C19H21N3O5/c1-19(2)18(25)22(16-14(27-19)8-9-15(20)21-16)10-3-11-26-13-6-4-12(5-7-13)17(23)24/h4-9H,3,10-11H2,1-2H3,(H2,20,21)(H,23,24). The predicted molar refractivity (Wildman–Crippen MR) is 99.2 cm³/mol. The highest BCUT2D eigenvalue weighted by molar-refractivity contribution is 6.01. The van der Waals surface area contributed by atoms with Crippen molar-refractivity contribution in [3.63, 3.8) is 0 Å². The van der Waals surface area contributed by atoms with Crippen molar-refractivity contribution in [2.45, 2.75) is 25.9 Å². The molecule has 8 nitrogen and oxygen atoms in total. The molecule has 142 valence electrons. The lowest BCUT2D eigenvalue weighted by atomic mass is 10.1. The molecule has 1 aromatic carbocycles. The number of fused-ring (bicyclic) bond motifs is 1. The molecule has 0 unspecified atom stereocenters. The number of rotatable bonds is 6. The lowest BCUT2D eigenvalue weighted by Gasteiger charge is -2.37. The first kappa shape index (κ1) is 18.5. The molecule has 0 spiro atoms. The summed E-state index contributed by atoms with van der Waals surface area (Å²) < 4.78 is 11.4. The number of carboxylic acids is 1. The van der Waals surface area contributed by atoms with Crippen molar-refractivity contribution in [3.8, 4) is 11.5 Å². The van der Waals surface area contributed by atoms with Crippen LogP contribution < -0.4 is 20.1 Å². The van der Waals surface area contributed by atoms with Crippen molar-refractivity contribution in [2.24, 2.45) is 0 Å². The van der Waals surface area contributed by atoms with Gasteiger partial charge in [-0.1, -0.05) is 0 Å². The molecule has 2 aromatic rings. The summed E-state index contributed by atoms with van der Waals surface area (Å²) in [6, 6.07) is 9.50. The summed E-state index contributed by atoms with van der Waals surface area (Å²) in [6.45, 7) is 4.17. The number of ether oxygens (including phenoxy) is 2. The van der Waals surface area contributed by atoms with E-state index in [4.69, 9.17) is 20.3 Å². The maximum atomic E-state index is 12.7. The minimum atomic E-state index is -0.988. The Labute approximate surface area is 156 Å². The number of anilines is 2. The number of aromatic nitrogens is 1. The number of aromatic carboxylic acids is 1. The largest absolute Gasteiger partial charge is 0.494 e. The molecule has 0 bridgehead atoms. The van der Waals surface area contributed by atoms with Crippen molar-refractivity contribution >= 4 is 23.5 Å². The Kier molecular flexibility index (Phi) is 4.89. The van der Waals surface area contributed by atoms with Crippen molar-refractivity contribution in [1.29, 1.82) is 0 Å². The molecule has 0 saturated heterocycles. The van der Waals surface area contributed by atoms with E-state index >= 15 is 0 Å². The Bertz CT molecular complexity index is 864. The SMILES string of the molecule is CC1(C)Oc2ccc(N)nc2N(CCCOc2ccc(C(=O)O)cc2)C1=O. The van der Waals surface area contributed by atoms with Gasteiger partial charge in [0.05, 0.1) is 12.2 Å². The molecule has 0 fully saturated rings. The smallest absolute Gasteiger partial charge is 0.335 e. The number of nitrogens with two attached hydrogens (primary N) is 1. The molecule has 0 aliphatic carbocycles. The van der Waals surface area contributed by atoms with Crippen LogP contribution in [-0.2, 0) is 4.79 Å². The van der Waals surface area contributed by atoms with Crippen LogP contribution in [0.2, 0.25) is 0 Å². The number of hydrogen-bond donors (Lipinski definition) is 2. The van der Waals surface area contributed by atoms with Crippen LogP contribution in [0.25, 0.3) is 0 Å². The van der Waals surface area contributed by atoms with E-state index in [-0.39, 0.29) is 11.5 Å². The van der Waals surface area contributed by atoms with Crippen LogP contribution in [0.4, 0.5) is 11.6 Å². The molecule has 27 heavy (non-hydrogen) atoms. The van der Waals surface area contributed by atoms with Crippen molar-refractivity contribution in [1.82, 2.24) is 4.98 Å². The van der Waals surface area contributed by atoms with Gasteiger partial charge in [0.2, 0.25) is 0 Å². The minimum absolute atomic E-state index is 0.195. The summed E-state index contributed by atoms with van der Waals surface area (Å²) in [5.41, 5.74) is 4.96. The first-order chi connectivity index (χ1) is 12.8. The van der Waals surface area contributed by atoms with Crippen molar-refractivity contribution in [3.05, 3.63) is 42.0 Å². The Morgan fingerprint density at radius 2 is 1.96 bits per heavy atom. The third kappa shape index (κ3) is 3.94. The van der Waals surface area contributed by atoms with Gasteiger partial charge in [-0.2, -0.15) is 0 Å². The lowest BCUT2D eigenvalue weighted by molar-refractivity contribution is -0.132. The van der Waals surface area contributed by atoms with Gasteiger partial charge in [0, 0.05) is 6.54 Å². The van der Waals surface area contributed by atoms with E-state index in [1.54, 1.807) is 43.0 Å². The fourth-order valence-corrected chi connectivity index (χ4v) is 2.78. The quantitative estimate of drug-likeness (QED) is 0.749. The third-order valence-electron chi connectivity index (χ3n) is 4.14. The van der Waals surface area contributed by atoms with Crippen LogP contribution in [0.1, 0.15) is 30.6 Å². The summed E-state index contributed by atoms with van der Waals surface area (Å²) >= 11 is 0. The van der Waals surface area contributed by atoms with Crippen LogP contribution in [0.15, 0.2) is 36.4 Å². The number of amides is 1. The number of nitrogen functional groups attached to an aromatic ring is 1. The molecule has 3 N–H and O–H groups in total. The van der Waals surface area contributed by atoms with E-state index in [0.717, 1.165) is 0 Å². The highest BCUT2D eigenvalue weighted by Crippen LogP contribution is 2.36. The molecule has 8 heteroatoms. The second-order valence-electron chi connectivity index (χ2n) is 6.66. The summed E-state index contributed by atoms with van der Waals surface area (Å²) in [4.78, 5) is 29.4. The van der Waals surface area contributed by atoms with Crippen LogP contribution in [0.3, 0.4) is 0 Å². The van der Waals surface area contributed by atoms with E-state index in [1.165, 1.54) is 12.1 Å². The Morgan fingerprint density at radius 1 is 1.26 bits per heavy atom. The fourth-order valence-electron chi connectivity index (χ4n) is 2.78. The summed E-state index contributed by atoms with van der Waals surface area (Å²) in [5, 5.41) is 8.90. The van der Waals surface area contributed by atoms with Crippen LogP contribution in [-0.4, -0.2) is 40.7 Å². The first-order valence-electron chi connectivity index (χ1n) is 8.51. The predicted octanol–water partition coefficient (Wildman–Crippen LogP) is 2.34. The molecule has 0 atom stereocenters. The number of benzene rings is 1. The molecule has 3 rings (SSSR count). The van der Waals surface area contributed by atoms with Gasteiger partial charge in [-0.15, -0.1) is 0 Å². The van der Waals surface area contributed by atoms with E-state index in [2.05, 4.69) is 4.98 Å². The zero-order valence-corrected chi connectivity index (χ0v) is 15.1. The second-order valence-corrected chi connectivity index (χ2v) is 6.66. The van der Waals surface area contributed by atoms with Gasteiger partial charge in [-0.3, -0.25) is 9.69 Å². The van der Waals surface area contributed by atoms with Crippen LogP contribution >= 0.6 is 0 Å². The number of carbonyl (C=O) groups excluding carboxylic acids is 1. The Hall–Kier alpha value is -3.29. The number of carboxylic acid groups (broad SMARTS) is 1. The second kappa shape index (κ2) is 7.14. The highest BCUT2D eigenvalue weighted by Gasteiger charge is 2.41. The molecule has 0 radical (unpaired) electrons. The first-order valence-corrected chi connectivity index (χ1v) is 8.51. The van der Waals surface area contributed by atoms with Crippen LogP contribution in [0, 0.1) is 0 Å². The van der Waals surface area contributed by atoms with Crippen LogP contribution in [0.5, 0.6) is 11.5 Å². The summed E-state index contributed by atoms with van der Waals surface area (Å²) in [5.74, 6) is 0.615. The normalized spacial score (nSPS) is 15.0. The maximum Gasteiger partial charge on any atom is 0.335 e.